The minimum atomic E-state index is -3.67. The molecule has 168 valence electrons. The predicted octanol–water partition coefficient (Wildman–Crippen LogP) is 3.97. The molecule has 0 fully saturated rings. The van der Waals surface area contributed by atoms with Gasteiger partial charge in [-0.05, 0) is 63.2 Å². The number of amides is 1. The third-order valence-corrected chi connectivity index (χ3v) is 6.35. The number of carbonyl (C=O) groups is 1. The number of nitrogens with zero attached hydrogens (tertiary/aromatic N) is 3. The summed E-state index contributed by atoms with van der Waals surface area (Å²) in [6, 6.07) is 16.4. The summed E-state index contributed by atoms with van der Waals surface area (Å²) in [6.45, 7) is 5.61. The van der Waals surface area contributed by atoms with E-state index in [1.807, 2.05) is 26.8 Å². The number of aromatic nitrogens is 1. The number of nitrogens with one attached hydrogen (secondary N) is 1. The van der Waals surface area contributed by atoms with Gasteiger partial charge in [0, 0.05) is 27.7 Å². The topological polar surface area (TPSA) is 83.8 Å². The molecule has 1 N–H and O–H groups in total. The standard InChI is InChI=1S/C23H25ClN4O3S/c1-16-5-9-22(10-6-16)28-17(2)13-19(18(28)3)14-25-26-23(29)15-27(32(4,30)31)21-11-7-20(24)8-12-21/h5-14H,15H2,1-4H3,(H,26,29). The van der Waals surface area contributed by atoms with Crippen LogP contribution in [0, 0.1) is 20.8 Å². The highest BCUT2D eigenvalue weighted by Gasteiger charge is 2.20. The van der Waals surface area contributed by atoms with Crippen LogP contribution in [-0.4, -0.2) is 37.9 Å². The van der Waals surface area contributed by atoms with Crippen LogP contribution in [0.1, 0.15) is 22.5 Å². The Morgan fingerprint density at radius 1 is 1.09 bits per heavy atom. The second-order valence-electron chi connectivity index (χ2n) is 7.54. The number of rotatable bonds is 7. The van der Waals surface area contributed by atoms with Crippen LogP contribution in [0.4, 0.5) is 5.69 Å². The van der Waals surface area contributed by atoms with E-state index in [1.54, 1.807) is 30.5 Å². The third-order valence-electron chi connectivity index (χ3n) is 4.96. The molecule has 9 heteroatoms. The molecule has 0 saturated carbocycles. The first-order chi connectivity index (χ1) is 15.1. The monoisotopic (exact) mass is 472 g/mol. The van der Waals surface area contributed by atoms with Gasteiger partial charge in [-0.3, -0.25) is 9.10 Å². The lowest BCUT2D eigenvalue weighted by atomic mass is 10.2. The molecular formula is C23H25ClN4O3S. The Bertz CT molecular complexity index is 1250. The quantitative estimate of drug-likeness (QED) is 0.417. The lowest BCUT2D eigenvalue weighted by Crippen LogP contribution is -2.39. The van der Waals surface area contributed by atoms with Crippen molar-refractivity contribution in [1.29, 1.82) is 0 Å². The van der Waals surface area contributed by atoms with Crippen LogP contribution in [0.5, 0.6) is 0 Å². The fraction of sp³-hybridized carbons (Fsp3) is 0.217. The van der Waals surface area contributed by atoms with E-state index in [0.29, 0.717) is 10.7 Å². The van der Waals surface area contributed by atoms with Crippen molar-refractivity contribution in [2.24, 2.45) is 5.10 Å². The van der Waals surface area contributed by atoms with Gasteiger partial charge in [0.05, 0.1) is 18.2 Å². The van der Waals surface area contributed by atoms with E-state index in [0.717, 1.165) is 33.2 Å². The van der Waals surface area contributed by atoms with Crippen molar-refractivity contribution < 1.29 is 13.2 Å². The molecule has 1 amide bonds. The van der Waals surface area contributed by atoms with Crippen LogP contribution in [-0.2, 0) is 14.8 Å². The van der Waals surface area contributed by atoms with Crippen molar-refractivity contribution in [3.8, 4) is 5.69 Å². The van der Waals surface area contributed by atoms with Crippen LogP contribution in [0.25, 0.3) is 5.69 Å². The van der Waals surface area contributed by atoms with Gasteiger partial charge >= 0.3 is 0 Å². The highest BCUT2D eigenvalue weighted by atomic mass is 35.5. The van der Waals surface area contributed by atoms with E-state index >= 15 is 0 Å². The number of hydrogen-bond acceptors (Lipinski definition) is 4. The van der Waals surface area contributed by atoms with Gasteiger partial charge in [-0.2, -0.15) is 5.10 Å². The molecule has 0 aliphatic heterocycles. The minimum Gasteiger partial charge on any atom is -0.318 e. The summed E-state index contributed by atoms with van der Waals surface area (Å²) >= 11 is 5.87. The number of anilines is 1. The van der Waals surface area contributed by atoms with Gasteiger partial charge in [0.2, 0.25) is 10.0 Å². The van der Waals surface area contributed by atoms with E-state index in [2.05, 4.69) is 39.4 Å². The average Bonchev–Trinajstić information content (AvgIpc) is 3.00. The molecule has 2 aromatic carbocycles. The summed E-state index contributed by atoms with van der Waals surface area (Å²) in [5.41, 5.74) is 7.83. The number of benzene rings is 2. The Hall–Kier alpha value is -3.10. The fourth-order valence-electron chi connectivity index (χ4n) is 3.36. The summed E-state index contributed by atoms with van der Waals surface area (Å²) in [5, 5.41) is 4.50. The van der Waals surface area contributed by atoms with Gasteiger partial charge in [0.1, 0.15) is 6.54 Å². The van der Waals surface area contributed by atoms with Gasteiger partial charge in [-0.15, -0.1) is 0 Å². The van der Waals surface area contributed by atoms with E-state index in [4.69, 9.17) is 11.6 Å². The summed E-state index contributed by atoms with van der Waals surface area (Å²) in [7, 11) is -3.67. The highest BCUT2D eigenvalue weighted by Crippen LogP contribution is 2.21. The predicted molar refractivity (Wildman–Crippen MR) is 129 cm³/mol. The second kappa shape index (κ2) is 9.58. The number of sulfonamides is 1. The van der Waals surface area contributed by atoms with Crippen molar-refractivity contribution in [1.82, 2.24) is 9.99 Å². The molecule has 0 aliphatic carbocycles. The lowest BCUT2D eigenvalue weighted by Gasteiger charge is -2.21. The first-order valence-electron chi connectivity index (χ1n) is 9.87. The molecule has 0 atom stereocenters. The summed E-state index contributed by atoms with van der Waals surface area (Å²) in [5.74, 6) is -0.561. The fourth-order valence-corrected chi connectivity index (χ4v) is 4.34. The van der Waals surface area contributed by atoms with Crippen molar-refractivity contribution in [3.63, 3.8) is 0 Å². The molecule has 7 nitrogen and oxygen atoms in total. The smallest absolute Gasteiger partial charge is 0.260 e. The lowest BCUT2D eigenvalue weighted by molar-refractivity contribution is -0.119. The molecule has 3 aromatic rings. The average molecular weight is 473 g/mol. The first-order valence-corrected chi connectivity index (χ1v) is 12.1. The number of hydrogen-bond donors (Lipinski definition) is 1. The van der Waals surface area contributed by atoms with Gasteiger partial charge in [0.15, 0.2) is 0 Å². The minimum absolute atomic E-state index is 0.345. The molecule has 0 aliphatic rings. The van der Waals surface area contributed by atoms with Gasteiger partial charge in [-0.25, -0.2) is 13.8 Å². The molecule has 0 saturated heterocycles. The number of aryl methyl sites for hydroxylation is 2. The van der Waals surface area contributed by atoms with E-state index in [9.17, 15) is 13.2 Å². The number of hydrazone groups is 1. The maximum atomic E-state index is 12.4. The Labute approximate surface area is 193 Å². The molecular weight excluding hydrogens is 448 g/mol. The number of halogens is 1. The summed E-state index contributed by atoms with van der Waals surface area (Å²) in [4.78, 5) is 12.4. The Balaban J connectivity index is 1.73. The largest absolute Gasteiger partial charge is 0.318 e. The normalized spacial score (nSPS) is 11.7. The third kappa shape index (κ3) is 5.57. The molecule has 0 bridgehead atoms. The number of carbonyl (C=O) groups excluding carboxylic acids is 1. The molecule has 32 heavy (non-hydrogen) atoms. The van der Waals surface area contributed by atoms with Crippen molar-refractivity contribution in [2.75, 3.05) is 17.1 Å². The Morgan fingerprint density at radius 2 is 1.72 bits per heavy atom. The van der Waals surface area contributed by atoms with E-state index in [-0.39, 0.29) is 0 Å². The maximum Gasteiger partial charge on any atom is 0.260 e. The zero-order valence-corrected chi connectivity index (χ0v) is 19.9. The Morgan fingerprint density at radius 3 is 2.31 bits per heavy atom. The molecule has 1 aromatic heterocycles. The molecule has 0 unspecified atom stereocenters. The molecule has 0 spiro atoms. The van der Waals surface area contributed by atoms with Gasteiger partial charge in [-0.1, -0.05) is 29.3 Å². The SMILES string of the molecule is Cc1ccc(-n2c(C)cc(C=NNC(=O)CN(c3ccc(Cl)cc3)S(C)(=O)=O)c2C)cc1. The highest BCUT2D eigenvalue weighted by molar-refractivity contribution is 7.92. The van der Waals surface area contributed by atoms with Crippen LogP contribution >= 0.6 is 11.6 Å². The van der Waals surface area contributed by atoms with Gasteiger partial charge in [0.25, 0.3) is 5.91 Å². The second-order valence-corrected chi connectivity index (χ2v) is 9.88. The zero-order chi connectivity index (χ0) is 23.5. The van der Waals surface area contributed by atoms with Crippen molar-refractivity contribution in [3.05, 3.63) is 82.1 Å². The van der Waals surface area contributed by atoms with Crippen LogP contribution in [0.3, 0.4) is 0 Å². The van der Waals surface area contributed by atoms with Crippen molar-refractivity contribution >= 4 is 39.4 Å². The summed E-state index contributed by atoms with van der Waals surface area (Å²) in [6.07, 6.45) is 2.59. The van der Waals surface area contributed by atoms with E-state index < -0.39 is 22.5 Å². The first kappa shape index (κ1) is 23.6. The van der Waals surface area contributed by atoms with Crippen LogP contribution in [0.2, 0.25) is 5.02 Å². The Kier molecular flexibility index (Phi) is 7.06. The molecule has 0 radical (unpaired) electrons. The molecule has 3 rings (SSSR count). The van der Waals surface area contributed by atoms with E-state index in [1.165, 1.54) is 5.56 Å². The summed E-state index contributed by atoms with van der Waals surface area (Å²) < 4.78 is 27.4. The van der Waals surface area contributed by atoms with Crippen molar-refractivity contribution in [2.45, 2.75) is 20.8 Å². The van der Waals surface area contributed by atoms with Gasteiger partial charge < -0.3 is 4.57 Å². The molecule has 1 heterocycles. The van der Waals surface area contributed by atoms with Crippen LogP contribution < -0.4 is 9.73 Å². The van der Waals surface area contributed by atoms with Crippen LogP contribution in [0.15, 0.2) is 59.7 Å². The maximum absolute atomic E-state index is 12.4. The zero-order valence-electron chi connectivity index (χ0n) is 18.3.